The SMILES string of the molecule is O=C(Nc1ccccc1)c1ccccc1OCCn1cc(Br)cn1. The Morgan fingerprint density at radius 2 is 1.88 bits per heavy atom. The molecule has 0 atom stereocenters. The van der Waals surface area contributed by atoms with Crippen LogP contribution in [0.2, 0.25) is 0 Å². The van der Waals surface area contributed by atoms with Gasteiger partial charge in [0.2, 0.25) is 0 Å². The van der Waals surface area contributed by atoms with Crippen LogP contribution < -0.4 is 10.1 Å². The zero-order valence-electron chi connectivity index (χ0n) is 12.9. The van der Waals surface area contributed by atoms with Crippen molar-refractivity contribution in [3.05, 3.63) is 77.0 Å². The highest BCUT2D eigenvalue weighted by Crippen LogP contribution is 2.20. The normalized spacial score (nSPS) is 10.4. The largest absolute Gasteiger partial charge is 0.491 e. The molecular formula is C18H16BrN3O2. The van der Waals surface area contributed by atoms with Crippen molar-refractivity contribution in [2.45, 2.75) is 6.54 Å². The summed E-state index contributed by atoms with van der Waals surface area (Å²) in [5, 5.41) is 7.04. The minimum Gasteiger partial charge on any atom is -0.491 e. The summed E-state index contributed by atoms with van der Waals surface area (Å²) in [6.45, 7) is 1.02. The monoisotopic (exact) mass is 385 g/mol. The third-order valence-corrected chi connectivity index (χ3v) is 3.75. The first-order valence-electron chi connectivity index (χ1n) is 7.48. The molecule has 0 aliphatic heterocycles. The van der Waals surface area contributed by atoms with Crippen LogP contribution in [0, 0.1) is 0 Å². The third-order valence-electron chi connectivity index (χ3n) is 3.34. The van der Waals surface area contributed by atoms with Gasteiger partial charge >= 0.3 is 0 Å². The van der Waals surface area contributed by atoms with E-state index >= 15 is 0 Å². The molecule has 0 fully saturated rings. The van der Waals surface area contributed by atoms with Gasteiger partial charge in [0.1, 0.15) is 12.4 Å². The lowest BCUT2D eigenvalue weighted by molar-refractivity contribution is 0.102. The summed E-state index contributed by atoms with van der Waals surface area (Å²) in [4.78, 5) is 12.5. The van der Waals surface area contributed by atoms with Gasteiger partial charge in [0.25, 0.3) is 5.91 Å². The smallest absolute Gasteiger partial charge is 0.259 e. The molecule has 3 rings (SSSR count). The highest BCUT2D eigenvalue weighted by atomic mass is 79.9. The quantitative estimate of drug-likeness (QED) is 0.697. The first-order chi connectivity index (χ1) is 11.7. The van der Waals surface area contributed by atoms with Gasteiger partial charge < -0.3 is 10.1 Å². The average molecular weight is 386 g/mol. The molecule has 24 heavy (non-hydrogen) atoms. The molecule has 122 valence electrons. The topological polar surface area (TPSA) is 56.1 Å². The second-order valence-corrected chi connectivity index (χ2v) is 6.00. The molecule has 0 spiro atoms. The summed E-state index contributed by atoms with van der Waals surface area (Å²) in [5.41, 5.74) is 1.25. The van der Waals surface area contributed by atoms with E-state index in [1.165, 1.54) is 0 Å². The Hall–Kier alpha value is -2.60. The van der Waals surface area contributed by atoms with Gasteiger partial charge in [-0.15, -0.1) is 0 Å². The van der Waals surface area contributed by atoms with Crippen molar-refractivity contribution in [2.75, 3.05) is 11.9 Å². The summed E-state index contributed by atoms with van der Waals surface area (Å²) >= 11 is 3.35. The van der Waals surface area contributed by atoms with Gasteiger partial charge in [0.15, 0.2) is 0 Å². The molecule has 5 nitrogen and oxygen atoms in total. The molecule has 0 bridgehead atoms. The average Bonchev–Trinajstić information content (AvgIpc) is 3.01. The molecule has 1 N–H and O–H groups in total. The molecule has 0 aliphatic carbocycles. The highest BCUT2D eigenvalue weighted by Gasteiger charge is 2.12. The van der Waals surface area contributed by atoms with E-state index < -0.39 is 0 Å². The summed E-state index contributed by atoms with van der Waals surface area (Å²) in [7, 11) is 0. The number of halogens is 1. The van der Waals surface area contributed by atoms with Gasteiger partial charge in [0, 0.05) is 11.9 Å². The van der Waals surface area contributed by atoms with E-state index in [0.29, 0.717) is 24.5 Å². The van der Waals surface area contributed by atoms with Crippen LogP contribution in [0.4, 0.5) is 5.69 Å². The maximum absolute atomic E-state index is 12.5. The lowest BCUT2D eigenvalue weighted by Crippen LogP contribution is -2.15. The number of anilines is 1. The molecule has 0 saturated heterocycles. The molecule has 1 heterocycles. The number of carbonyl (C=O) groups is 1. The Balaban J connectivity index is 1.65. The van der Waals surface area contributed by atoms with Crippen LogP contribution >= 0.6 is 15.9 Å². The Labute approximate surface area is 148 Å². The van der Waals surface area contributed by atoms with Gasteiger partial charge in [-0.05, 0) is 40.2 Å². The van der Waals surface area contributed by atoms with Gasteiger partial charge in [-0.25, -0.2) is 0 Å². The zero-order valence-corrected chi connectivity index (χ0v) is 14.4. The maximum atomic E-state index is 12.5. The summed E-state index contributed by atoms with van der Waals surface area (Å²) in [6.07, 6.45) is 3.60. The number of carbonyl (C=O) groups excluding carboxylic acids is 1. The lowest BCUT2D eigenvalue weighted by Gasteiger charge is -2.11. The summed E-state index contributed by atoms with van der Waals surface area (Å²) in [6, 6.07) is 16.5. The first kappa shape index (κ1) is 16.3. The third kappa shape index (κ3) is 4.23. The fraction of sp³-hybridized carbons (Fsp3) is 0.111. The van der Waals surface area contributed by atoms with Crippen LogP contribution in [0.5, 0.6) is 5.75 Å². The molecule has 1 aromatic heterocycles. The number of aromatic nitrogens is 2. The highest BCUT2D eigenvalue weighted by molar-refractivity contribution is 9.10. The second-order valence-electron chi connectivity index (χ2n) is 5.09. The van der Waals surface area contributed by atoms with Crippen molar-refractivity contribution in [2.24, 2.45) is 0 Å². The number of rotatable bonds is 6. The number of hydrogen-bond donors (Lipinski definition) is 1. The molecule has 3 aromatic rings. The van der Waals surface area contributed by atoms with Crippen LogP contribution in [-0.2, 0) is 6.54 Å². The van der Waals surface area contributed by atoms with E-state index in [9.17, 15) is 4.79 Å². The van der Waals surface area contributed by atoms with E-state index in [-0.39, 0.29) is 5.91 Å². The van der Waals surface area contributed by atoms with Crippen molar-refractivity contribution in [1.29, 1.82) is 0 Å². The number of amides is 1. The number of nitrogens with zero attached hydrogens (tertiary/aromatic N) is 2. The van der Waals surface area contributed by atoms with Crippen molar-refractivity contribution in [3.8, 4) is 5.75 Å². The lowest BCUT2D eigenvalue weighted by atomic mass is 10.2. The summed E-state index contributed by atoms with van der Waals surface area (Å²) < 4.78 is 8.47. The second kappa shape index (κ2) is 7.79. The van der Waals surface area contributed by atoms with Crippen LogP contribution in [0.25, 0.3) is 0 Å². The van der Waals surface area contributed by atoms with Crippen molar-refractivity contribution in [1.82, 2.24) is 9.78 Å². The molecule has 0 radical (unpaired) electrons. The van der Waals surface area contributed by atoms with Crippen molar-refractivity contribution >= 4 is 27.5 Å². The molecule has 2 aromatic carbocycles. The number of para-hydroxylation sites is 2. The first-order valence-corrected chi connectivity index (χ1v) is 8.28. The number of nitrogens with one attached hydrogen (secondary N) is 1. The number of benzene rings is 2. The van der Waals surface area contributed by atoms with Gasteiger partial charge in [-0.3, -0.25) is 9.48 Å². The molecule has 1 amide bonds. The molecular weight excluding hydrogens is 370 g/mol. The Morgan fingerprint density at radius 3 is 2.62 bits per heavy atom. The van der Waals surface area contributed by atoms with Gasteiger partial charge in [-0.2, -0.15) is 5.10 Å². The molecule has 0 saturated carbocycles. The van der Waals surface area contributed by atoms with E-state index in [1.807, 2.05) is 48.7 Å². The fourth-order valence-electron chi connectivity index (χ4n) is 2.21. The Kier molecular flexibility index (Phi) is 5.28. The predicted octanol–water partition coefficient (Wildman–Crippen LogP) is 3.98. The summed E-state index contributed by atoms with van der Waals surface area (Å²) in [5.74, 6) is 0.357. The fourth-order valence-corrected chi connectivity index (χ4v) is 2.54. The van der Waals surface area contributed by atoms with E-state index in [2.05, 4.69) is 26.3 Å². The zero-order chi connectivity index (χ0) is 16.8. The predicted molar refractivity (Wildman–Crippen MR) is 96.3 cm³/mol. The van der Waals surface area contributed by atoms with Crippen LogP contribution in [0.3, 0.4) is 0 Å². The van der Waals surface area contributed by atoms with Crippen LogP contribution in [-0.4, -0.2) is 22.3 Å². The van der Waals surface area contributed by atoms with Gasteiger partial charge in [0.05, 0.1) is 22.8 Å². The number of ether oxygens (including phenoxy) is 1. The standard InChI is InChI=1S/C18H16BrN3O2/c19-14-12-20-22(13-14)10-11-24-17-9-5-4-8-16(17)18(23)21-15-6-2-1-3-7-15/h1-9,12-13H,10-11H2,(H,21,23). The Bertz CT molecular complexity index is 818. The molecule has 6 heteroatoms. The van der Waals surface area contributed by atoms with E-state index in [4.69, 9.17) is 4.74 Å². The molecule has 0 aliphatic rings. The number of hydrogen-bond acceptors (Lipinski definition) is 3. The van der Waals surface area contributed by atoms with Crippen LogP contribution in [0.15, 0.2) is 71.5 Å². The maximum Gasteiger partial charge on any atom is 0.259 e. The van der Waals surface area contributed by atoms with E-state index in [0.717, 1.165) is 10.2 Å². The molecule has 0 unspecified atom stereocenters. The van der Waals surface area contributed by atoms with Crippen molar-refractivity contribution in [3.63, 3.8) is 0 Å². The Morgan fingerprint density at radius 1 is 1.12 bits per heavy atom. The van der Waals surface area contributed by atoms with Crippen LogP contribution in [0.1, 0.15) is 10.4 Å². The van der Waals surface area contributed by atoms with E-state index in [1.54, 1.807) is 23.0 Å². The minimum absolute atomic E-state index is 0.196. The van der Waals surface area contributed by atoms with Gasteiger partial charge in [-0.1, -0.05) is 30.3 Å². The minimum atomic E-state index is -0.196. The van der Waals surface area contributed by atoms with Crippen molar-refractivity contribution < 1.29 is 9.53 Å².